The van der Waals surface area contributed by atoms with Gasteiger partial charge < -0.3 is 10.1 Å². The van der Waals surface area contributed by atoms with Crippen LogP contribution in [0.5, 0.6) is 5.75 Å². The number of thiophene rings is 1. The maximum atomic E-state index is 5.82. The minimum atomic E-state index is 0.599. The molecule has 2 rings (SSSR count). The summed E-state index contributed by atoms with van der Waals surface area (Å²) in [5.74, 6) is 0.879. The molecule has 0 aliphatic heterocycles. The van der Waals surface area contributed by atoms with Gasteiger partial charge in [0.2, 0.25) is 0 Å². The van der Waals surface area contributed by atoms with E-state index in [0.29, 0.717) is 6.61 Å². The van der Waals surface area contributed by atoms with Gasteiger partial charge in [0, 0.05) is 11.4 Å². The van der Waals surface area contributed by atoms with Gasteiger partial charge in [0.15, 0.2) is 0 Å². The molecule has 0 radical (unpaired) electrons. The lowest BCUT2D eigenvalue weighted by atomic mass is 10.2. The average molecular weight is 405 g/mol. The normalized spacial score (nSPS) is 10.7. The summed E-state index contributed by atoms with van der Waals surface area (Å²) in [4.78, 5) is 1.20. The Bertz CT molecular complexity index is 542. The SMILES string of the molecule is CCNCc1ccc(OCc2ccc(Br)s2)c(Br)c1. The number of nitrogens with one attached hydrogen (secondary N) is 1. The second kappa shape index (κ2) is 7.43. The molecule has 0 spiro atoms. The van der Waals surface area contributed by atoms with Crippen molar-refractivity contribution in [2.75, 3.05) is 6.54 Å². The molecule has 19 heavy (non-hydrogen) atoms. The first-order chi connectivity index (χ1) is 9.19. The van der Waals surface area contributed by atoms with Crippen molar-refractivity contribution in [2.45, 2.75) is 20.1 Å². The summed E-state index contributed by atoms with van der Waals surface area (Å²) in [7, 11) is 0. The van der Waals surface area contributed by atoms with Crippen molar-refractivity contribution in [1.82, 2.24) is 5.32 Å². The second-order valence-corrected chi connectivity index (χ2v) is 7.44. The van der Waals surface area contributed by atoms with Crippen LogP contribution in [-0.4, -0.2) is 6.54 Å². The molecule has 1 aromatic heterocycles. The maximum Gasteiger partial charge on any atom is 0.134 e. The van der Waals surface area contributed by atoms with Gasteiger partial charge in [0.1, 0.15) is 12.4 Å². The van der Waals surface area contributed by atoms with Crippen molar-refractivity contribution >= 4 is 43.2 Å². The molecular formula is C14H15Br2NOS. The van der Waals surface area contributed by atoms with E-state index < -0.39 is 0 Å². The van der Waals surface area contributed by atoms with E-state index >= 15 is 0 Å². The number of hydrogen-bond donors (Lipinski definition) is 1. The van der Waals surface area contributed by atoms with E-state index in [2.05, 4.69) is 62.3 Å². The van der Waals surface area contributed by atoms with Crippen molar-refractivity contribution in [3.8, 4) is 5.75 Å². The molecule has 5 heteroatoms. The van der Waals surface area contributed by atoms with E-state index in [9.17, 15) is 0 Å². The van der Waals surface area contributed by atoms with Crippen LogP contribution in [-0.2, 0) is 13.2 Å². The summed E-state index contributed by atoms with van der Waals surface area (Å²) in [6.07, 6.45) is 0. The highest BCUT2D eigenvalue weighted by Gasteiger charge is 2.04. The third kappa shape index (κ3) is 4.60. The highest BCUT2D eigenvalue weighted by molar-refractivity contribution is 9.11. The first kappa shape index (κ1) is 15.0. The predicted octanol–water partition coefficient (Wildman–Crippen LogP) is 4.96. The molecule has 0 bridgehead atoms. The fraction of sp³-hybridized carbons (Fsp3) is 0.286. The Labute approximate surface area is 134 Å². The van der Waals surface area contributed by atoms with Crippen molar-refractivity contribution < 1.29 is 4.74 Å². The van der Waals surface area contributed by atoms with Gasteiger partial charge in [-0.05, 0) is 68.2 Å². The molecule has 1 N–H and O–H groups in total. The molecule has 0 unspecified atom stereocenters. The highest BCUT2D eigenvalue weighted by Crippen LogP contribution is 2.28. The zero-order chi connectivity index (χ0) is 13.7. The minimum Gasteiger partial charge on any atom is -0.487 e. The van der Waals surface area contributed by atoms with Crippen molar-refractivity contribution in [3.63, 3.8) is 0 Å². The molecule has 1 heterocycles. The first-order valence-electron chi connectivity index (χ1n) is 6.05. The second-order valence-electron chi connectivity index (χ2n) is 4.04. The molecule has 2 nitrogen and oxygen atoms in total. The topological polar surface area (TPSA) is 21.3 Å². The molecule has 0 aliphatic carbocycles. The van der Waals surface area contributed by atoms with Crippen LogP contribution in [0.3, 0.4) is 0 Å². The van der Waals surface area contributed by atoms with E-state index in [1.165, 1.54) is 10.4 Å². The number of benzene rings is 1. The van der Waals surface area contributed by atoms with Gasteiger partial charge in [-0.15, -0.1) is 11.3 Å². The van der Waals surface area contributed by atoms with Crippen LogP contribution in [0.1, 0.15) is 17.4 Å². The van der Waals surface area contributed by atoms with Crippen LogP contribution in [0.25, 0.3) is 0 Å². The van der Waals surface area contributed by atoms with E-state index in [4.69, 9.17) is 4.74 Å². The summed E-state index contributed by atoms with van der Waals surface area (Å²) in [5.41, 5.74) is 1.25. The number of hydrogen-bond acceptors (Lipinski definition) is 3. The zero-order valence-corrected chi connectivity index (χ0v) is 14.6. The lowest BCUT2D eigenvalue weighted by Crippen LogP contribution is -2.11. The molecule has 0 aliphatic rings. The summed E-state index contributed by atoms with van der Waals surface area (Å²) in [6.45, 7) is 4.56. The van der Waals surface area contributed by atoms with Gasteiger partial charge in [-0.1, -0.05) is 13.0 Å². The molecule has 0 saturated carbocycles. The highest BCUT2D eigenvalue weighted by atomic mass is 79.9. The molecule has 102 valence electrons. The van der Waals surface area contributed by atoms with Gasteiger partial charge in [-0.2, -0.15) is 0 Å². The van der Waals surface area contributed by atoms with Crippen molar-refractivity contribution in [2.24, 2.45) is 0 Å². The largest absolute Gasteiger partial charge is 0.487 e. The Morgan fingerprint density at radius 2 is 2.05 bits per heavy atom. The first-order valence-corrected chi connectivity index (χ1v) is 8.45. The van der Waals surface area contributed by atoms with Crippen LogP contribution in [0, 0.1) is 0 Å². The Hall–Kier alpha value is -0.360. The smallest absolute Gasteiger partial charge is 0.134 e. The fourth-order valence-corrected chi connectivity index (χ4v) is 3.56. The quantitative estimate of drug-likeness (QED) is 0.734. The fourth-order valence-electron chi connectivity index (χ4n) is 1.62. The molecule has 0 amide bonds. The van der Waals surface area contributed by atoms with Gasteiger partial charge in [-0.25, -0.2) is 0 Å². The van der Waals surface area contributed by atoms with Gasteiger partial charge in [-0.3, -0.25) is 0 Å². The zero-order valence-electron chi connectivity index (χ0n) is 10.6. The molecule has 2 aromatic rings. The molecule has 0 fully saturated rings. The van der Waals surface area contributed by atoms with E-state index in [1.807, 2.05) is 12.1 Å². The van der Waals surface area contributed by atoms with Crippen molar-refractivity contribution in [3.05, 3.63) is 49.0 Å². The van der Waals surface area contributed by atoms with E-state index in [1.54, 1.807) is 11.3 Å². The van der Waals surface area contributed by atoms with Crippen LogP contribution in [0.4, 0.5) is 0 Å². The summed E-state index contributed by atoms with van der Waals surface area (Å²) < 4.78 is 7.95. The Morgan fingerprint density at radius 3 is 2.68 bits per heavy atom. The Morgan fingerprint density at radius 1 is 1.21 bits per heavy atom. The number of ether oxygens (including phenoxy) is 1. The van der Waals surface area contributed by atoms with Crippen LogP contribution >= 0.6 is 43.2 Å². The average Bonchev–Trinajstić information content (AvgIpc) is 2.81. The van der Waals surface area contributed by atoms with Gasteiger partial charge >= 0.3 is 0 Å². The number of halogens is 2. The monoisotopic (exact) mass is 403 g/mol. The lowest BCUT2D eigenvalue weighted by Gasteiger charge is -2.09. The summed E-state index contributed by atoms with van der Waals surface area (Å²) in [5, 5.41) is 3.31. The maximum absolute atomic E-state index is 5.82. The minimum absolute atomic E-state index is 0.599. The number of rotatable bonds is 6. The third-order valence-corrected chi connectivity index (χ3v) is 4.79. The third-order valence-electron chi connectivity index (χ3n) is 2.57. The van der Waals surface area contributed by atoms with Crippen molar-refractivity contribution in [1.29, 1.82) is 0 Å². The Kier molecular flexibility index (Phi) is 5.88. The van der Waals surface area contributed by atoms with E-state index in [0.717, 1.165) is 27.1 Å². The molecule has 1 aromatic carbocycles. The summed E-state index contributed by atoms with van der Waals surface area (Å²) >= 11 is 8.71. The van der Waals surface area contributed by atoms with Crippen LogP contribution in [0.15, 0.2) is 38.6 Å². The van der Waals surface area contributed by atoms with Gasteiger partial charge in [0.25, 0.3) is 0 Å². The van der Waals surface area contributed by atoms with Crippen LogP contribution < -0.4 is 10.1 Å². The Balaban J connectivity index is 1.96. The predicted molar refractivity (Wildman–Crippen MR) is 87.9 cm³/mol. The van der Waals surface area contributed by atoms with Crippen LogP contribution in [0.2, 0.25) is 0 Å². The van der Waals surface area contributed by atoms with Gasteiger partial charge in [0.05, 0.1) is 8.26 Å². The molecular weight excluding hydrogens is 390 g/mol. The van der Waals surface area contributed by atoms with E-state index in [-0.39, 0.29) is 0 Å². The standard InChI is InChI=1S/C14H15Br2NOS/c1-2-17-8-10-3-5-13(12(15)7-10)18-9-11-4-6-14(16)19-11/h3-7,17H,2,8-9H2,1H3. The summed E-state index contributed by atoms with van der Waals surface area (Å²) in [6, 6.07) is 10.3. The molecule has 0 saturated heterocycles. The lowest BCUT2D eigenvalue weighted by molar-refractivity contribution is 0.307. The molecule has 0 atom stereocenters.